The number of hydrogen-bond donors (Lipinski definition) is 1. The molecule has 1 atom stereocenters. The highest BCUT2D eigenvalue weighted by Crippen LogP contribution is 2.26. The van der Waals surface area contributed by atoms with Gasteiger partial charge in [-0.05, 0) is 42.4 Å². The Morgan fingerprint density at radius 1 is 1.40 bits per heavy atom. The molecule has 0 aliphatic carbocycles. The number of aromatic nitrogens is 1. The molecule has 1 aromatic rings. The van der Waals surface area contributed by atoms with Gasteiger partial charge >= 0.3 is 0 Å². The quantitative estimate of drug-likeness (QED) is 0.824. The number of nitrogens with two attached hydrogens (primary N) is 1. The summed E-state index contributed by atoms with van der Waals surface area (Å²) >= 11 is 0. The summed E-state index contributed by atoms with van der Waals surface area (Å²) in [5, 5.41) is 0. The van der Waals surface area contributed by atoms with Crippen molar-refractivity contribution in [3.8, 4) is 0 Å². The molecule has 0 saturated heterocycles. The summed E-state index contributed by atoms with van der Waals surface area (Å²) in [6.45, 7) is 8.82. The third-order valence-corrected chi connectivity index (χ3v) is 2.67. The van der Waals surface area contributed by atoms with Crippen molar-refractivity contribution >= 4 is 0 Å². The van der Waals surface area contributed by atoms with E-state index in [9.17, 15) is 0 Å². The molecule has 0 amide bonds. The molecule has 2 nitrogen and oxygen atoms in total. The molecule has 0 fully saturated rings. The van der Waals surface area contributed by atoms with Gasteiger partial charge in [0.25, 0.3) is 0 Å². The maximum absolute atomic E-state index is 6.18. The van der Waals surface area contributed by atoms with E-state index < -0.39 is 0 Å². The van der Waals surface area contributed by atoms with Gasteiger partial charge in [-0.1, -0.05) is 20.8 Å². The molecule has 0 aliphatic heterocycles. The molecule has 0 aliphatic rings. The first kappa shape index (κ1) is 12.2. The van der Waals surface area contributed by atoms with Gasteiger partial charge in [0.1, 0.15) is 0 Å². The largest absolute Gasteiger partial charge is 0.324 e. The van der Waals surface area contributed by atoms with E-state index in [0.717, 1.165) is 12.8 Å². The van der Waals surface area contributed by atoms with Gasteiger partial charge in [-0.15, -0.1) is 0 Å². The van der Waals surface area contributed by atoms with Gasteiger partial charge in [0.05, 0.1) is 0 Å². The summed E-state index contributed by atoms with van der Waals surface area (Å²) in [7, 11) is 0. The molecule has 1 rings (SSSR count). The Morgan fingerprint density at radius 3 is 2.60 bits per heavy atom. The molecular weight excluding hydrogens is 184 g/mol. The molecule has 1 heterocycles. The summed E-state index contributed by atoms with van der Waals surface area (Å²) in [5.74, 6) is 0. The lowest BCUT2D eigenvalue weighted by atomic mass is 9.87. The van der Waals surface area contributed by atoms with Crippen molar-refractivity contribution in [3.63, 3.8) is 0 Å². The van der Waals surface area contributed by atoms with Crippen molar-refractivity contribution in [3.05, 3.63) is 29.6 Å². The highest BCUT2D eigenvalue weighted by Gasteiger charge is 2.14. The average molecular weight is 206 g/mol. The Bertz CT molecular complexity index is 313. The molecule has 0 spiro atoms. The first-order valence-corrected chi connectivity index (χ1v) is 5.56. The van der Waals surface area contributed by atoms with Crippen molar-refractivity contribution in [1.29, 1.82) is 0 Å². The molecule has 2 N–H and O–H groups in total. The van der Waals surface area contributed by atoms with Crippen LogP contribution < -0.4 is 5.73 Å². The van der Waals surface area contributed by atoms with Crippen molar-refractivity contribution in [2.24, 2.45) is 11.1 Å². The average Bonchev–Trinajstić information content (AvgIpc) is 2.14. The third-order valence-electron chi connectivity index (χ3n) is 2.67. The van der Waals surface area contributed by atoms with Crippen LogP contribution in [0.3, 0.4) is 0 Å². The fourth-order valence-electron chi connectivity index (χ4n) is 1.64. The monoisotopic (exact) mass is 206 g/mol. The second-order valence-corrected chi connectivity index (χ2v) is 5.44. The van der Waals surface area contributed by atoms with Crippen LogP contribution in [0.1, 0.15) is 50.8 Å². The number of aryl methyl sites for hydroxylation is 1. The van der Waals surface area contributed by atoms with Crippen molar-refractivity contribution < 1.29 is 0 Å². The molecule has 1 aromatic heterocycles. The minimum atomic E-state index is 0.146. The van der Waals surface area contributed by atoms with Gasteiger partial charge in [-0.3, -0.25) is 4.98 Å². The molecule has 0 radical (unpaired) electrons. The van der Waals surface area contributed by atoms with Gasteiger partial charge in [0, 0.05) is 18.4 Å². The van der Waals surface area contributed by atoms with E-state index in [1.54, 1.807) is 0 Å². The van der Waals surface area contributed by atoms with E-state index in [4.69, 9.17) is 5.73 Å². The fourth-order valence-corrected chi connectivity index (χ4v) is 1.64. The lowest BCUT2D eigenvalue weighted by Crippen LogP contribution is -2.15. The smallest absolute Gasteiger partial charge is 0.0300 e. The minimum Gasteiger partial charge on any atom is -0.324 e. The second kappa shape index (κ2) is 4.75. The van der Waals surface area contributed by atoms with Crippen LogP contribution in [-0.2, 0) is 0 Å². The number of nitrogens with zero attached hydrogens (tertiary/aromatic N) is 1. The maximum atomic E-state index is 6.18. The number of pyridine rings is 1. The second-order valence-electron chi connectivity index (χ2n) is 5.44. The number of hydrogen-bond acceptors (Lipinski definition) is 2. The number of rotatable bonds is 3. The van der Waals surface area contributed by atoms with E-state index in [1.165, 1.54) is 11.1 Å². The van der Waals surface area contributed by atoms with E-state index in [0.29, 0.717) is 5.41 Å². The first-order chi connectivity index (χ1) is 6.90. The predicted octanol–water partition coefficient (Wildman–Crippen LogP) is 3.22. The van der Waals surface area contributed by atoms with Gasteiger partial charge in [-0.2, -0.15) is 0 Å². The normalized spacial score (nSPS) is 13.9. The fraction of sp³-hybridized carbons (Fsp3) is 0.615. The van der Waals surface area contributed by atoms with E-state index in [2.05, 4.69) is 32.7 Å². The van der Waals surface area contributed by atoms with E-state index in [-0.39, 0.29) is 6.04 Å². The first-order valence-electron chi connectivity index (χ1n) is 5.56. The van der Waals surface area contributed by atoms with Crippen LogP contribution in [0, 0.1) is 12.3 Å². The van der Waals surface area contributed by atoms with Crippen molar-refractivity contribution in [2.75, 3.05) is 0 Å². The van der Waals surface area contributed by atoms with Crippen molar-refractivity contribution in [1.82, 2.24) is 4.98 Å². The highest BCUT2D eigenvalue weighted by atomic mass is 14.7. The van der Waals surface area contributed by atoms with Gasteiger partial charge < -0.3 is 5.73 Å². The lowest BCUT2D eigenvalue weighted by Gasteiger charge is -2.21. The zero-order valence-corrected chi connectivity index (χ0v) is 10.2. The lowest BCUT2D eigenvalue weighted by molar-refractivity contribution is 0.349. The standard InChI is InChI=1S/C13H22N2/c1-10-9-15-8-6-11(10)12(14)5-7-13(2,3)4/h6,8-9,12H,5,7,14H2,1-4H3. The molecule has 2 heteroatoms. The molecule has 0 bridgehead atoms. The van der Waals surface area contributed by atoms with Crippen LogP contribution in [0.15, 0.2) is 18.5 Å². The zero-order chi connectivity index (χ0) is 11.5. The Kier molecular flexibility index (Phi) is 3.86. The van der Waals surface area contributed by atoms with Crippen LogP contribution in [-0.4, -0.2) is 4.98 Å². The molecule has 0 saturated carbocycles. The van der Waals surface area contributed by atoms with E-state index >= 15 is 0 Å². The summed E-state index contributed by atoms with van der Waals surface area (Å²) in [4.78, 5) is 4.08. The van der Waals surface area contributed by atoms with Crippen molar-refractivity contribution in [2.45, 2.75) is 46.6 Å². The molecular formula is C13H22N2. The van der Waals surface area contributed by atoms with Gasteiger partial charge in [0.2, 0.25) is 0 Å². The Balaban J connectivity index is 2.62. The summed E-state index contributed by atoms with van der Waals surface area (Å²) < 4.78 is 0. The van der Waals surface area contributed by atoms with Gasteiger partial charge in [-0.25, -0.2) is 0 Å². The predicted molar refractivity (Wildman–Crippen MR) is 64.6 cm³/mol. The summed E-state index contributed by atoms with van der Waals surface area (Å²) in [5.41, 5.74) is 8.96. The highest BCUT2D eigenvalue weighted by molar-refractivity contribution is 5.24. The van der Waals surface area contributed by atoms with Gasteiger partial charge in [0.15, 0.2) is 0 Å². The molecule has 15 heavy (non-hydrogen) atoms. The van der Waals surface area contributed by atoms with Crippen LogP contribution in [0.2, 0.25) is 0 Å². The van der Waals surface area contributed by atoms with Crippen LogP contribution >= 0.6 is 0 Å². The summed E-state index contributed by atoms with van der Waals surface area (Å²) in [6.07, 6.45) is 5.88. The van der Waals surface area contributed by atoms with Crippen LogP contribution in [0.5, 0.6) is 0 Å². The van der Waals surface area contributed by atoms with Crippen LogP contribution in [0.25, 0.3) is 0 Å². The summed E-state index contributed by atoms with van der Waals surface area (Å²) in [6, 6.07) is 2.18. The Labute approximate surface area is 92.9 Å². The SMILES string of the molecule is Cc1cnccc1C(N)CCC(C)(C)C. The molecule has 0 aromatic carbocycles. The topological polar surface area (TPSA) is 38.9 Å². The Hall–Kier alpha value is -0.890. The Morgan fingerprint density at radius 2 is 2.07 bits per heavy atom. The van der Waals surface area contributed by atoms with Crippen LogP contribution in [0.4, 0.5) is 0 Å². The third kappa shape index (κ3) is 4.00. The molecule has 84 valence electrons. The molecule has 1 unspecified atom stereocenters. The maximum Gasteiger partial charge on any atom is 0.0300 e. The van der Waals surface area contributed by atoms with E-state index in [1.807, 2.05) is 18.5 Å². The zero-order valence-electron chi connectivity index (χ0n) is 10.2. The minimum absolute atomic E-state index is 0.146.